The number of hydrogen-bond acceptors (Lipinski definition) is 3. The summed E-state index contributed by atoms with van der Waals surface area (Å²) in [6.07, 6.45) is 0.967. The minimum Gasteiger partial charge on any atom is -0.496 e. The topological polar surface area (TPSA) is 47.6 Å². The molecule has 0 saturated carbocycles. The van der Waals surface area contributed by atoms with Gasteiger partial charge < -0.3 is 14.8 Å². The zero-order valence-corrected chi connectivity index (χ0v) is 15.2. The van der Waals surface area contributed by atoms with Crippen molar-refractivity contribution in [3.8, 4) is 5.75 Å². The molecule has 1 amide bonds. The molecule has 0 aliphatic carbocycles. The van der Waals surface area contributed by atoms with E-state index in [0.717, 1.165) is 23.3 Å². The highest BCUT2D eigenvalue weighted by Gasteiger charge is 2.10. The van der Waals surface area contributed by atoms with Crippen LogP contribution in [-0.4, -0.2) is 19.6 Å². The Balaban J connectivity index is 1.97. The van der Waals surface area contributed by atoms with Crippen LogP contribution in [0, 0.1) is 5.92 Å². The molecule has 0 radical (unpaired) electrons. The molecule has 134 valence electrons. The van der Waals surface area contributed by atoms with E-state index in [9.17, 15) is 4.79 Å². The first-order chi connectivity index (χ1) is 12.1. The maximum absolute atomic E-state index is 12.3. The third-order valence-corrected chi connectivity index (χ3v) is 3.92. The molecule has 0 aliphatic rings. The third kappa shape index (κ3) is 6.24. The highest BCUT2D eigenvalue weighted by molar-refractivity contribution is 5.94. The van der Waals surface area contributed by atoms with Crippen molar-refractivity contribution in [3.05, 3.63) is 65.2 Å². The van der Waals surface area contributed by atoms with Crippen LogP contribution in [0.4, 0.5) is 0 Å². The minimum atomic E-state index is -0.0624. The van der Waals surface area contributed by atoms with E-state index < -0.39 is 0 Å². The Morgan fingerprint density at radius 1 is 1.08 bits per heavy atom. The van der Waals surface area contributed by atoms with E-state index in [4.69, 9.17) is 9.47 Å². The van der Waals surface area contributed by atoms with E-state index in [-0.39, 0.29) is 5.91 Å². The number of hydrogen-bond donors (Lipinski definition) is 1. The third-order valence-electron chi connectivity index (χ3n) is 3.92. The van der Waals surface area contributed by atoms with Crippen LogP contribution in [0.2, 0.25) is 0 Å². The second-order valence-corrected chi connectivity index (χ2v) is 6.44. The molecule has 0 aliphatic heterocycles. The van der Waals surface area contributed by atoms with Gasteiger partial charge in [-0.1, -0.05) is 44.2 Å². The van der Waals surface area contributed by atoms with Gasteiger partial charge in [-0.05, 0) is 36.1 Å². The maximum atomic E-state index is 12.3. The Morgan fingerprint density at radius 3 is 2.52 bits per heavy atom. The molecule has 25 heavy (non-hydrogen) atoms. The van der Waals surface area contributed by atoms with Crippen LogP contribution in [0.5, 0.6) is 5.75 Å². The van der Waals surface area contributed by atoms with Crippen LogP contribution < -0.4 is 10.1 Å². The lowest BCUT2D eigenvalue weighted by atomic mass is 10.1. The standard InChI is InChI=1S/C21H27NO3/c1-16(2)11-12-22-21(23)18-9-10-20(24-3)19(13-18)15-25-14-17-7-5-4-6-8-17/h4-10,13,16H,11-12,14-15H2,1-3H3,(H,22,23). The van der Waals surface area contributed by atoms with Crippen molar-refractivity contribution < 1.29 is 14.3 Å². The van der Waals surface area contributed by atoms with E-state index >= 15 is 0 Å². The van der Waals surface area contributed by atoms with Gasteiger partial charge in [-0.3, -0.25) is 4.79 Å². The van der Waals surface area contributed by atoms with Crippen LogP contribution in [0.15, 0.2) is 48.5 Å². The molecule has 2 aromatic rings. The first-order valence-corrected chi connectivity index (χ1v) is 8.67. The maximum Gasteiger partial charge on any atom is 0.251 e. The number of carbonyl (C=O) groups excluding carboxylic acids is 1. The molecule has 0 heterocycles. The molecule has 2 aromatic carbocycles. The van der Waals surface area contributed by atoms with Crippen molar-refractivity contribution in [2.45, 2.75) is 33.5 Å². The summed E-state index contributed by atoms with van der Waals surface area (Å²) in [5.41, 5.74) is 2.61. The zero-order chi connectivity index (χ0) is 18.1. The monoisotopic (exact) mass is 341 g/mol. The molecular formula is C21H27NO3. The second-order valence-electron chi connectivity index (χ2n) is 6.44. The summed E-state index contributed by atoms with van der Waals surface area (Å²) < 4.78 is 11.2. The number of amides is 1. The molecule has 2 rings (SSSR count). The molecular weight excluding hydrogens is 314 g/mol. The van der Waals surface area contributed by atoms with E-state index in [1.54, 1.807) is 13.2 Å². The fourth-order valence-corrected chi connectivity index (χ4v) is 2.46. The van der Waals surface area contributed by atoms with E-state index in [1.165, 1.54) is 0 Å². The van der Waals surface area contributed by atoms with Gasteiger partial charge in [0.1, 0.15) is 5.75 Å². The van der Waals surface area contributed by atoms with E-state index in [1.807, 2.05) is 42.5 Å². The fourth-order valence-electron chi connectivity index (χ4n) is 2.46. The average molecular weight is 341 g/mol. The highest BCUT2D eigenvalue weighted by Crippen LogP contribution is 2.21. The van der Waals surface area contributed by atoms with Gasteiger partial charge in [0.15, 0.2) is 0 Å². The quantitative estimate of drug-likeness (QED) is 0.744. The summed E-state index contributed by atoms with van der Waals surface area (Å²) in [6.45, 7) is 5.88. The predicted molar refractivity (Wildman–Crippen MR) is 99.7 cm³/mol. The first-order valence-electron chi connectivity index (χ1n) is 8.67. The Hall–Kier alpha value is -2.33. The summed E-state index contributed by atoms with van der Waals surface area (Å²) in [4.78, 5) is 12.3. The van der Waals surface area contributed by atoms with Gasteiger partial charge in [0.25, 0.3) is 5.91 Å². The molecule has 0 bridgehead atoms. The van der Waals surface area contributed by atoms with Crippen molar-refractivity contribution >= 4 is 5.91 Å². The Bertz CT molecular complexity index is 668. The van der Waals surface area contributed by atoms with Gasteiger partial charge in [0.2, 0.25) is 0 Å². The molecule has 0 saturated heterocycles. The van der Waals surface area contributed by atoms with Crippen LogP contribution in [0.1, 0.15) is 41.8 Å². The second kappa shape index (κ2) is 9.84. The van der Waals surface area contributed by atoms with Crippen LogP contribution >= 0.6 is 0 Å². The molecule has 0 fully saturated rings. The van der Waals surface area contributed by atoms with Crippen molar-refractivity contribution in [3.63, 3.8) is 0 Å². The summed E-state index contributed by atoms with van der Waals surface area (Å²) in [6, 6.07) is 15.4. The molecule has 0 unspecified atom stereocenters. The summed E-state index contributed by atoms with van der Waals surface area (Å²) in [5, 5.41) is 2.96. The zero-order valence-electron chi connectivity index (χ0n) is 15.2. The highest BCUT2D eigenvalue weighted by atomic mass is 16.5. The van der Waals surface area contributed by atoms with Crippen molar-refractivity contribution in [1.29, 1.82) is 0 Å². The van der Waals surface area contributed by atoms with Crippen molar-refractivity contribution in [1.82, 2.24) is 5.32 Å². The normalized spacial score (nSPS) is 10.7. The summed E-state index contributed by atoms with van der Waals surface area (Å²) >= 11 is 0. The molecule has 1 N–H and O–H groups in total. The van der Waals surface area contributed by atoms with Gasteiger partial charge in [0.05, 0.1) is 20.3 Å². The lowest BCUT2D eigenvalue weighted by Crippen LogP contribution is -2.25. The number of ether oxygens (including phenoxy) is 2. The lowest BCUT2D eigenvalue weighted by molar-refractivity contribution is 0.0949. The Morgan fingerprint density at radius 2 is 1.84 bits per heavy atom. The van der Waals surface area contributed by atoms with Gasteiger partial charge >= 0.3 is 0 Å². The first kappa shape index (κ1) is 19.0. The summed E-state index contributed by atoms with van der Waals surface area (Å²) in [5.74, 6) is 1.23. The number of methoxy groups -OCH3 is 1. The van der Waals surface area contributed by atoms with E-state index in [2.05, 4.69) is 19.2 Å². The SMILES string of the molecule is COc1ccc(C(=O)NCCC(C)C)cc1COCc1ccccc1. The van der Waals surface area contributed by atoms with Crippen LogP contribution in [0.25, 0.3) is 0 Å². The smallest absolute Gasteiger partial charge is 0.251 e. The number of benzene rings is 2. The number of carbonyl (C=O) groups is 1. The molecule has 4 heteroatoms. The summed E-state index contributed by atoms with van der Waals surface area (Å²) in [7, 11) is 1.62. The van der Waals surface area contributed by atoms with E-state index in [0.29, 0.717) is 31.2 Å². The molecule has 0 aromatic heterocycles. The largest absolute Gasteiger partial charge is 0.496 e. The molecule has 4 nitrogen and oxygen atoms in total. The van der Waals surface area contributed by atoms with Gasteiger partial charge in [-0.25, -0.2) is 0 Å². The Labute approximate surface area is 150 Å². The average Bonchev–Trinajstić information content (AvgIpc) is 2.62. The fraction of sp³-hybridized carbons (Fsp3) is 0.381. The van der Waals surface area contributed by atoms with Crippen molar-refractivity contribution in [2.75, 3.05) is 13.7 Å². The van der Waals surface area contributed by atoms with Crippen LogP contribution in [0.3, 0.4) is 0 Å². The van der Waals surface area contributed by atoms with Gasteiger partial charge in [-0.2, -0.15) is 0 Å². The Kier molecular flexibility index (Phi) is 7.48. The van der Waals surface area contributed by atoms with Gasteiger partial charge in [-0.15, -0.1) is 0 Å². The number of nitrogens with one attached hydrogen (secondary N) is 1. The molecule has 0 spiro atoms. The van der Waals surface area contributed by atoms with Gasteiger partial charge in [0, 0.05) is 17.7 Å². The van der Waals surface area contributed by atoms with Crippen molar-refractivity contribution in [2.24, 2.45) is 5.92 Å². The molecule has 0 atom stereocenters. The van der Waals surface area contributed by atoms with Crippen LogP contribution in [-0.2, 0) is 18.0 Å². The number of rotatable bonds is 9. The lowest BCUT2D eigenvalue weighted by Gasteiger charge is -2.12. The predicted octanol–water partition coefficient (Wildman–Crippen LogP) is 4.19. The minimum absolute atomic E-state index is 0.0624.